The molecule has 0 unspecified atom stereocenters. The molecule has 2 aromatic carbocycles. The van der Waals surface area contributed by atoms with Gasteiger partial charge in [-0.2, -0.15) is 9.78 Å². The van der Waals surface area contributed by atoms with E-state index in [-0.39, 0.29) is 5.82 Å². The van der Waals surface area contributed by atoms with Crippen LogP contribution in [-0.4, -0.2) is 61.4 Å². The summed E-state index contributed by atoms with van der Waals surface area (Å²) in [4.78, 5) is 4.67. The second kappa shape index (κ2) is 10.0. The molecule has 0 radical (unpaired) electrons. The molecule has 0 spiro atoms. The van der Waals surface area contributed by atoms with Crippen molar-refractivity contribution in [1.82, 2.24) is 14.8 Å². The number of nitrogens with zero attached hydrogens (tertiary/aromatic N) is 3. The molecule has 31 heavy (non-hydrogen) atoms. The number of nitrogens with two attached hydrogens (primary N) is 1. The first-order valence-electron chi connectivity index (χ1n) is 9.93. The van der Waals surface area contributed by atoms with Crippen LogP contribution in [0, 0.1) is 5.82 Å². The van der Waals surface area contributed by atoms with Crippen LogP contribution in [0.4, 0.5) is 10.2 Å². The van der Waals surface area contributed by atoms with Gasteiger partial charge in [-0.3, -0.25) is 0 Å². The number of rotatable bonds is 11. The molecule has 2 heterocycles. The third kappa shape index (κ3) is 4.77. The fraction of sp³-hybridized carbons (Fsp3) is 0.333. The second-order valence-corrected chi connectivity index (χ2v) is 7.67. The first-order chi connectivity index (χ1) is 15.2. The predicted octanol–water partition coefficient (Wildman–Crippen LogP) is 3.19. The van der Waals surface area contributed by atoms with Crippen LogP contribution < -0.4 is 15.8 Å². The Bertz CT molecular complexity index is 1160. The van der Waals surface area contributed by atoms with E-state index in [1.54, 1.807) is 23.9 Å². The van der Waals surface area contributed by atoms with Crippen LogP contribution in [-0.2, 0) is 9.47 Å². The molecule has 3 N–H and O–H groups in total. The molecule has 2 aromatic heterocycles. The molecule has 0 amide bonds. The maximum Gasteiger partial charge on any atom is 0.213 e. The molecular formula is C21H24FN5O3S. The van der Waals surface area contributed by atoms with Crippen molar-refractivity contribution >= 4 is 38.3 Å². The van der Waals surface area contributed by atoms with Gasteiger partial charge in [0.05, 0.1) is 54.7 Å². The van der Waals surface area contributed by atoms with Gasteiger partial charge < -0.3 is 25.3 Å². The molecule has 4 rings (SSSR count). The Labute approximate surface area is 182 Å². The van der Waals surface area contributed by atoms with E-state index in [9.17, 15) is 4.39 Å². The van der Waals surface area contributed by atoms with E-state index in [0.717, 1.165) is 16.0 Å². The highest BCUT2D eigenvalue weighted by Crippen LogP contribution is 2.33. The Morgan fingerprint density at radius 2 is 1.94 bits per heavy atom. The lowest BCUT2D eigenvalue weighted by molar-refractivity contribution is 0.0547. The molecule has 0 fully saturated rings. The van der Waals surface area contributed by atoms with Gasteiger partial charge in [0.2, 0.25) is 5.13 Å². The normalized spacial score (nSPS) is 11.5. The van der Waals surface area contributed by atoms with E-state index in [1.807, 2.05) is 18.2 Å². The highest BCUT2D eigenvalue weighted by atomic mass is 32.1. The maximum atomic E-state index is 14.6. The van der Waals surface area contributed by atoms with Crippen molar-refractivity contribution in [2.75, 3.05) is 51.9 Å². The maximum absolute atomic E-state index is 14.6. The number of aromatic nitrogens is 3. The zero-order valence-corrected chi connectivity index (χ0v) is 18.0. The summed E-state index contributed by atoms with van der Waals surface area (Å²) in [7, 11) is 1.63. The van der Waals surface area contributed by atoms with Crippen molar-refractivity contribution in [1.29, 1.82) is 0 Å². The number of nitrogens with one attached hydrogen (secondary N) is 1. The quantitative estimate of drug-likeness (QED) is 0.342. The van der Waals surface area contributed by atoms with Gasteiger partial charge in [0.15, 0.2) is 0 Å². The molecule has 0 atom stereocenters. The first kappa shape index (κ1) is 21.4. The van der Waals surface area contributed by atoms with Crippen molar-refractivity contribution in [3.8, 4) is 10.9 Å². The summed E-state index contributed by atoms with van der Waals surface area (Å²) in [5.74, 6) is 0.956. The highest BCUT2D eigenvalue weighted by Gasteiger charge is 2.18. The Hall–Kier alpha value is -2.79. The van der Waals surface area contributed by atoms with Crippen molar-refractivity contribution in [3.05, 3.63) is 42.2 Å². The monoisotopic (exact) mass is 445 g/mol. The fourth-order valence-corrected chi connectivity index (χ4v) is 4.11. The van der Waals surface area contributed by atoms with Crippen LogP contribution >= 0.6 is 11.3 Å². The van der Waals surface area contributed by atoms with Crippen molar-refractivity contribution in [2.45, 2.75) is 0 Å². The molecule has 0 saturated carbocycles. The summed E-state index contributed by atoms with van der Waals surface area (Å²) in [5, 5.41) is 8.91. The zero-order chi connectivity index (χ0) is 21.6. The fourth-order valence-electron chi connectivity index (χ4n) is 3.15. The van der Waals surface area contributed by atoms with Crippen molar-refractivity contribution in [3.63, 3.8) is 0 Å². The number of fused-ring (bicyclic) bond motifs is 2. The standard InChI is InChI=1S/C21H24FN5O3S/c1-28-14-5-6-16-18(13-14)31-21(25-16)27-20(19-15(22)3-2-4-17(19)26-27)24-8-10-30-12-11-29-9-7-23/h2-6,13,24H,7-12,23H2,1H3. The van der Waals surface area contributed by atoms with Crippen molar-refractivity contribution in [2.24, 2.45) is 5.73 Å². The summed E-state index contributed by atoms with van der Waals surface area (Å²) < 4.78 is 33.4. The lowest BCUT2D eigenvalue weighted by Crippen LogP contribution is -2.16. The molecule has 10 heteroatoms. The van der Waals surface area contributed by atoms with Crippen LogP contribution in [0.15, 0.2) is 36.4 Å². The number of methoxy groups -OCH3 is 1. The Kier molecular flexibility index (Phi) is 6.92. The van der Waals surface area contributed by atoms with E-state index in [0.29, 0.717) is 61.4 Å². The van der Waals surface area contributed by atoms with Gasteiger partial charge >= 0.3 is 0 Å². The highest BCUT2D eigenvalue weighted by molar-refractivity contribution is 7.20. The smallest absolute Gasteiger partial charge is 0.213 e. The van der Waals surface area contributed by atoms with Crippen LogP contribution in [0.25, 0.3) is 26.3 Å². The van der Waals surface area contributed by atoms with E-state index >= 15 is 0 Å². The van der Waals surface area contributed by atoms with E-state index in [2.05, 4.69) is 15.4 Å². The number of hydrogen-bond donors (Lipinski definition) is 2. The van der Waals surface area contributed by atoms with Gasteiger partial charge in [-0.25, -0.2) is 9.37 Å². The van der Waals surface area contributed by atoms with E-state index < -0.39 is 0 Å². The van der Waals surface area contributed by atoms with E-state index in [1.165, 1.54) is 17.4 Å². The van der Waals surface area contributed by atoms with Gasteiger partial charge in [-0.1, -0.05) is 17.4 Å². The molecule has 0 aliphatic rings. The van der Waals surface area contributed by atoms with Crippen LogP contribution in [0.1, 0.15) is 0 Å². The van der Waals surface area contributed by atoms with Crippen LogP contribution in [0.5, 0.6) is 5.75 Å². The van der Waals surface area contributed by atoms with Gasteiger partial charge in [-0.05, 0) is 30.3 Å². The lowest BCUT2D eigenvalue weighted by Gasteiger charge is -2.09. The first-order valence-corrected chi connectivity index (χ1v) is 10.7. The average molecular weight is 446 g/mol. The Morgan fingerprint density at radius 3 is 2.74 bits per heavy atom. The number of halogens is 1. The largest absolute Gasteiger partial charge is 0.497 e. The van der Waals surface area contributed by atoms with Gasteiger partial charge in [0.1, 0.15) is 17.4 Å². The topological polar surface area (TPSA) is 96.5 Å². The summed E-state index contributed by atoms with van der Waals surface area (Å²) in [6.45, 7) is 2.87. The van der Waals surface area contributed by atoms with Gasteiger partial charge in [0, 0.05) is 13.1 Å². The van der Waals surface area contributed by atoms with Crippen LogP contribution in [0.2, 0.25) is 0 Å². The second-order valence-electron chi connectivity index (χ2n) is 6.66. The van der Waals surface area contributed by atoms with Crippen LogP contribution in [0.3, 0.4) is 0 Å². The molecule has 4 aromatic rings. The molecule has 0 aliphatic heterocycles. The zero-order valence-electron chi connectivity index (χ0n) is 17.1. The molecule has 8 nitrogen and oxygen atoms in total. The van der Waals surface area contributed by atoms with Gasteiger partial charge in [-0.15, -0.1) is 0 Å². The Morgan fingerprint density at radius 1 is 1.10 bits per heavy atom. The molecule has 0 bridgehead atoms. The number of thiazole rings is 1. The predicted molar refractivity (Wildman–Crippen MR) is 120 cm³/mol. The number of ether oxygens (including phenoxy) is 3. The molecule has 0 saturated heterocycles. The SMILES string of the molecule is COc1ccc2nc(-n3nc4cccc(F)c4c3NCCOCCOCCN)sc2c1. The number of anilines is 1. The Balaban J connectivity index is 1.56. The molecule has 0 aliphatic carbocycles. The minimum Gasteiger partial charge on any atom is -0.497 e. The molecule has 164 valence electrons. The third-order valence-electron chi connectivity index (χ3n) is 4.59. The number of benzene rings is 2. The summed E-state index contributed by atoms with van der Waals surface area (Å²) >= 11 is 1.46. The average Bonchev–Trinajstić information content (AvgIpc) is 3.37. The van der Waals surface area contributed by atoms with Crippen molar-refractivity contribution < 1.29 is 18.6 Å². The van der Waals surface area contributed by atoms with E-state index in [4.69, 9.17) is 19.9 Å². The minimum atomic E-state index is -0.342. The third-order valence-corrected chi connectivity index (χ3v) is 5.58. The molecular weight excluding hydrogens is 421 g/mol. The minimum absolute atomic E-state index is 0.342. The summed E-state index contributed by atoms with van der Waals surface area (Å²) in [6.07, 6.45) is 0. The van der Waals surface area contributed by atoms with Gasteiger partial charge in [0.25, 0.3) is 0 Å². The summed E-state index contributed by atoms with van der Waals surface area (Å²) in [5.41, 5.74) is 6.76. The summed E-state index contributed by atoms with van der Waals surface area (Å²) in [6, 6.07) is 10.5. The number of hydrogen-bond acceptors (Lipinski definition) is 8. The lowest BCUT2D eigenvalue weighted by atomic mass is 10.2.